The molecule has 0 heterocycles. The summed E-state index contributed by atoms with van der Waals surface area (Å²) in [6.07, 6.45) is 4.10. The molecule has 1 aromatic carbocycles. The van der Waals surface area contributed by atoms with Gasteiger partial charge in [0.05, 0.1) is 16.8 Å². The van der Waals surface area contributed by atoms with Crippen molar-refractivity contribution in [3.8, 4) is 6.07 Å². The van der Waals surface area contributed by atoms with E-state index in [1.807, 2.05) is 24.3 Å². The normalized spacial score (nSPS) is 27.7. The summed E-state index contributed by atoms with van der Waals surface area (Å²) < 4.78 is 0. The zero-order chi connectivity index (χ0) is 12.3. The molecule has 1 N–H and O–H groups in total. The van der Waals surface area contributed by atoms with E-state index in [-0.39, 0.29) is 0 Å². The van der Waals surface area contributed by atoms with Gasteiger partial charge in [-0.05, 0) is 37.3 Å². The average molecular weight is 249 g/mol. The van der Waals surface area contributed by atoms with Crippen molar-refractivity contribution in [1.82, 2.24) is 0 Å². The fourth-order valence-electron chi connectivity index (χ4n) is 2.56. The molecular weight excluding hydrogens is 232 g/mol. The van der Waals surface area contributed by atoms with Crippen molar-refractivity contribution >= 4 is 17.3 Å². The highest BCUT2D eigenvalue weighted by atomic mass is 35.5. The molecule has 0 spiro atoms. The van der Waals surface area contributed by atoms with Crippen molar-refractivity contribution in [2.24, 2.45) is 5.92 Å². The number of hydrogen-bond donors (Lipinski definition) is 1. The lowest BCUT2D eigenvalue weighted by molar-refractivity contribution is 0.503. The molecule has 1 fully saturated rings. The fourth-order valence-corrected chi connectivity index (χ4v) is 2.74. The summed E-state index contributed by atoms with van der Waals surface area (Å²) in [7, 11) is 0. The first kappa shape index (κ1) is 12.3. The molecule has 2 unspecified atom stereocenters. The molecule has 0 aliphatic heterocycles. The second-order valence-electron chi connectivity index (χ2n) is 4.82. The number of nitriles is 1. The topological polar surface area (TPSA) is 35.8 Å². The van der Waals surface area contributed by atoms with Gasteiger partial charge < -0.3 is 5.32 Å². The summed E-state index contributed by atoms with van der Waals surface area (Å²) in [5.41, 5.74) is 0.443. The smallest absolute Gasteiger partial charge is 0.125 e. The van der Waals surface area contributed by atoms with Gasteiger partial charge in [0.25, 0.3) is 0 Å². The molecule has 0 saturated heterocycles. The third-order valence-electron chi connectivity index (χ3n) is 3.66. The Balaban J connectivity index is 2.17. The molecule has 2 nitrogen and oxygen atoms in total. The number of hydrogen-bond acceptors (Lipinski definition) is 2. The molecule has 0 bridgehead atoms. The van der Waals surface area contributed by atoms with E-state index in [2.05, 4.69) is 18.3 Å². The highest BCUT2D eigenvalue weighted by molar-refractivity contribution is 6.33. The molecule has 2 rings (SSSR count). The van der Waals surface area contributed by atoms with Crippen molar-refractivity contribution in [3.05, 3.63) is 29.3 Å². The Morgan fingerprint density at radius 3 is 2.88 bits per heavy atom. The SMILES string of the molecule is CCC1CCC(C#N)(Nc2ccccc2Cl)C1. The summed E-state index contributed by atoms with van der Waals surface area (Å²) in [6.45, 7) is 2.19. The molecule has 0 radical (unpaired) electrons. The van der Waals surface area contributed by atoms with Crippen LogP contribution < -0.4 is 5.32 Å². The second-order valence-corrected chi connectivity index (χ2v) is 5.22. The predicted octanol–water partition coefficient (Wildman–Crippen LogP) is 4.22. The maximum absolute atomic E-state index is 9.43. The van der Waals surface area contributed by atoms with Gasteiger partial charge in [-0.3, -0.25) is 0 Å². The lowest BCUT2D eigenvalue weighted by Crippen LogP contribution is -2.33. The standard InChI is InChI=1S/C14H17ClN2/c1-2-11-7-8-14(9-11,10-16)17-13-6-4-3-5-12(13)15/h3-6,11,17H,2,7-9H2,1H3. The number of nitrogens with one attached hydrogen (secondary N) is 1. The summed E-state index contributed by atoms with van der Waals surface area (Å²) in [4.78, 5) is 0. The first-order valence-electron chi connectivity index (χ1n) is 6.13. The number of anilines is 1. The minimum Gasteiger partial charge on any atom is -0.366 e. The summed E-state index contributed by atoms with van der Waals surface area (Å²) in [6, 6.07) is 10.1. The molecule has 0 amide bonds. The third-order valence-corrected chi connectivity index (χ3v) is 3.99. The minimum atomic E-state index is -0.425. The van der Waals surface area contributed by atoms with Crippen LogP contribution in [0.15, 0.2) is 24.3 Å². The van der Waals surface area contributed by atoms with Gasteiger partial charge in [-0.25, -0.2) is 0 Å². The van der Waals surface area contributed by atoms with E-state index in [9.17, 15) is 5.26 Å². The van der Waals surface area contributed by atoms with Crippen LogP contribution >= 0.6 is 11.6 Å². The number of halogens is 1. The van der Waals surface area contributed by atoms with Crippen LogP contribution in [0, 0.1) is 17.2 Å². The molecule has 0 aromatic heterocycles. The Bertz CT molecular complexity index is 438. The van der Waals surface area contributed by atoms with Gasteiger partial charge in [-0.15, -0.1) is 0 Å². The lowest BCUT2D eigenvalue weighted by atomic mass is 9.96. The summed E-state index contributed by atoms with van der Waals surface area (Å²) in [5, 5.41) is 13.5. The van der Waals surface area contributed by atoms with Crippen LogP contribution in [-0.4, -0.2) is 5.54 Å². The van der Waals surface area contributed by atoms with Crippen LogP contribution in [0.3, 0.4) is 0 Å². The molecule has 1 saturated carbocycles. The third kappa shape index (κ3) is 2.56. The van der Waals surface area contributed by atoms with Gasteiger partial charge in [-0.2, -0.15) is 5.26 Å². The van der Waals surface area contributed by atoms with E-state index in [4.69, 9.17) is 11.6 Å². The highest BCUT2D eigenvalue weighted by Crippen LogP contribution is 2.39. The number of rotatable bonds is 3. The van der Waals surface area contributed by atoms with Crippen molar-refractivity contribution in [2.75, 3.05) is 5.32 Å². The number of nitrogens with zero attached hydrogens (tertiary/aromatic N) is 1. The van der Waals surface area contributed by atoms with Crippen LogP contribution in [0.5, 0.6) is 0 Å². The van der Waals surface area contributed by atoms with E-state index in [1.54, 1.807) is 0 Å². The van der Waals surface area contributed by atoms with Crippen LogP contribution in [0.2, 0.25) is 5.02 Å². The largest absolute Gasteiger partial charge is 0.366 e. The fraction of sp³-hybridized carbons (Fsp3) is 0.500. The molecule has 17 heavy (non-hydrogen) atoms. The molecular formula is C14H17ClN2. The Morgan fingerprint density at radius 2 is 2.29 bits per heavy atom. The Hall–Kier alpha value is -1.20. The van der Waals surface area contributed by atoms with Crippen LogP contribution in [-0.2, 0) is 0 Å². The van der Waals surface area contributed by atoms with Crippen LogP contribution in [0.1, 0.15) is 32.6 Å². The van der Waals surface area contributed by atoms with Crippen LogP contribution in [0.25, 0.3) is 0 Å². The molecule has 2 atom stereocenters. The second kappa shape index (κ2) is 4.98. The zero-order valence-electron chi connectivity index (χ0n) is 10.0. The molecule has 3 heteroatoms. The molecule has 90 valence electrons. The first-order chi connectivity index (χ1) is 8.19. The Morgan fingerprint density at radius 1 is 1.53 bits per heavy atom. The lowest BCUT2D eigenvalue weighted by Gasteiger charge is -2.24. The summed E-state index contributed by atoms with van der Waals surface area (Å²) >= 11 is 6.12. The molecule has 1 aromatic rings. The van der Waals surface area contributed by atoms with E-state index in [1.165, 1.54) is 0 Å². The van der Waals surface area contributed by atoms with E-state index >= 15 is 0 Å². The van der Waals surface area contributed by atoms with Gasteiger partial charge >= 0.3 is 0 Å². The Labute approximate surface area is 108 Å². The zero-order valence-corrected chi connectivity index (χ0v) is 10.8. The Kier molecular flexibility index (Phi) is 3.59. The van der Waals surface area contributed by atoms with Crippen molar-refractivity contribution in [1.29, 1.82) is 5.26 Å². The number of para-hydroxylation sites is 1. The average Bonchev–Trinajstić information content (AvgIpc) is 2.76. The van der Waals surface area contributed by atoms with Gasteiger partial charge in [0.15, 0.2) is 0 Å². The quantitative estimate of drug-likeness (QED) is 0.869. The molecule has 1 aliphatic carbocycles. The highest BCUT2D eigenvalue weighted by Gasteiger charge is 2.38. The van der Waals surface area contributed by atoms with Crippen LogP contribution in [0.4, 0.5) is 5.69 Å². The van der Waals surface area contributed by atoms with E-state index < -0.39 is 5.54 Å². The monoisotopic (exact) mass is 248 g/mol. The van der Waals surface area contributed by atoms with Gasteiger partial charge in [-0.1, -0.05) is 37.1 Å². The predicted molar refractivity (Wildman–Crippen MR) is 71.1 cm³/mol. The van der Waals surface area contributed by atoms with Gasteiger partial charge in [0.1, 0.15) is 5.54 Å². The minimum absolute atomic E-state index is 0.425. The van der Waals surface area contributed by atoms with Crippen molar-refractivity contribution in [2.45, 2.75) is 38.1 Å². The summed E-state index contributed by atoms with van der Waals surface area (Å²) in [5.74, 6) is 0.657. The maximum atomic E-state index is 9.43. The van der Waals surface area contributed by atoms with Crippen molar-refractivity contribution in [3.63, 3.8) is 0 Å². The molecule has 1 aliphatic rings. The van der Waals surface area contributed by atoms with E-state index in [0.29, 0.717) is 10.9 Å². The maximum Gasteiger partial charge on any atom is 0.125 e. The van der Waals surface area contributed by atoms with E-state index in [0.717, 1.165) is 31.4 Å². The van der Waals surface area contributed by atoms with Gasteiger partial charge in [0.2, 0.25) is 0 Å². The van der Waals surface area contributed by atoms with Gasteiger partial charge in [0, 0.05) is 0 Å². The number of benzene rings is 1. The van der Waals surface area contributed by atoms with Crippen molar-refractivity contribution < 1.29 is 0 Å². The first-order valence-corrected chi connectivity index (χ1v) is 6.51.